The maximum Gasteiger partial charge on any atom is 0.328 e. The predicted octanol–water partition coefficient (Wildman–Crippen LogP) is 3.24. The first-order valence-electron chi connectivity index (χ1n) is 10.5. The summed E-state index contributed by atoms with van der Waals surface area (Å²) in [7, 11) is 1.30. The van der Waals surface area contributed by atoms with Crippen molar-refractivity contribution in [3.8, 4) is 0 Å². The molecule has 0 heterocycles. The molecule has 1 rings (SSSR count). The molecule has 162 valence electrons. The number of esters is 1. The van der Waals surface area contributed by atoms with Crippen molar-refractivity contribution >= 4 is 17.8 Å². The van der Waals surface area contributed by atoms with Gasteiger partial charge in [0.25, 0.3) is 0 Å². The summed E-state index contributed by atoms with van der Waals surface area (Å²) in [4.78, 5) is 36.9. The van der Waals surface area contributed by atoms with Crippen LogP contribution in [0.25, 0.3) is 0 Å². The van der Waals surface area contributed by atoms with Gasteiger partial charge in [0.1, 0.15) is 12.1 Å². The van der Waals surface area contributed by atoms with Crippen LogP contribution < -0.4 is 10.6 Å². The third-order valence-electron chi connectivity index (χ3n) is 4.90. The average Bonchev–Trinajstić information content (AvgIpc) is 2.69. The summed E-state index contributed by atoms with van der Waals surface area (Å²) in [6, 6.07) is 8.87. The van der Waals surface area contributed by atoms with Gasteiger partial charge in [0.05, 0.1) is 7.11 Å². The number of hydrogen-bond donors (Lipinski definition) is 2. The highest BCUT2D eigenvalue weighted by atomic mass is 16.5. The number of methoxy groups -OCH3 is 1. The largest absolute Gasteiger partial charge is 0.467 e. The molecule has 2 N–H and O–H groups in total. The van der Waals surface area contributed by atoms with E-state index in [0.29, 0.717) is 6.42 Å². The van der Waals surface area contributed by atoms with Crippen LogP contribution in [0, 0.1) is 11.8 Å². The number of carbonyl (C=O) groups is 3. The van der Waals surface area contributed by atoms with Crippen molar-refractivity contribution in [1.29, 1.82) is 0 Å². The van der Waals surface area contributed by atoms with Crippen molar-refractivity contribution < 1.29 is 19.1 Å². The normalized spacial score (nSPS) is 13.1. The minimum absolute atomic E-state index is 0.0949. The molecule has 1 aromatic carbocycles. The van der Waals surface area contributed by atoms with Gasteiger partial charge in [0.2, 0.25) is 11.8 Å². The number of carbonyl (C=O) groups excluding carboxylic acids is 3. The van der Waals surface area contributed by atoms with Crippen LogP contribution in [0.5, 0.6) is 0 Å². The van der Waals surface area contributed by atoms with Gasteiger partial charge in [-0.1, -0.05) is 64.4 Å². The molecule has 0 spiro atoms. The van der Waals surface area contributed by atoms with E-state index in [4.69, 9.17) is 4.74 Å². The van der Waals surface area contributed by atoms with Crippen LogP contribution in [0.4, 0.5) is 0 Å². The van der Waals surface area contributed by atoms with Crippen molar-refractivity contribution in [1.82, 2.24) is 10.6 Å². The van der Waals surface area contributed by atoms with Crippen molar-refractivity contribution in [2.75, 3.05) is 7.11 Å². The molecule has 1 aromatic rings. The lowest BCUT2D eigenvalue weighted by Gasteiger charge is -2.26. The molecule has 2 amide bonds. The molecule has 0 bridgehead atoms. The monoisotopic (exact) mass is 404 g/mol. The van der Waals surface area contributed by atoms with Crippen LogP contribution in [0.1, 0.15) is 58.9 Å². The number of unbranched alkanes of at least 4 members (excludes halogenated alkanes) is 2. The van der Waals surface area contributed by atoms with Crippen molar-refractivity contribution in [2.24, 2.45) is 11.8 Å². The molecule has 0 unspecified atom stereocenters. The first-order valence-corrected chi connectivity index (χ1v) is 10.5. The van der Waals surface area contributed by atoms with E-state index in [9.17, 15) is 14.4 Å². The fourth-order valence-electron chi connectivity index (χ4n) is 3.08. The third kappa shape index (κ3) is 9.11. The van der Waals surface area contributed by atoms with E-state index >= 15 is 0 Å². The summed E-state index contributed by atoms with van der Waals surface area (Å²) >= 11 is 0. The van der Waals surface area contributed by atoms with Crippen LogP contribution in [0.15, 0.2) is 30.3 Å². The SMILES string of the molecule is COC(=O)[C@@H](NC(=O)[C@@H](NC(=O)CCCCCc1ccccc1)C(C)C)C(C)C. The zero-order chi connectivity index (χ0) is 21.8. The number of rotatable bonds is 12. The molecule has 29 heavy (non-hydrogen) atoms. The van der Waals surface area contributed by atoms with Gasteiger partial charge in [-0.25, -0.2) is 4.79 Å². The second-order valence-electron chi connectivity index (χ2n) is 8.09. The lowest BCUT2D eigenvalue weighted by atomic mass is 10.00. The summed E-state index contributed by atoms with van der Waals surface area (Å²) in [6.07, 6.45) is 4.15. The molecule has 2 atom stereocenters. The van der Waals surface area contributed by atoms with Crippen LogP contribution in [-0.2, 0) is 25.5 Å². The van der Waals surface area contributed by atoms with E-state index in [1.54, 1.807) is 0 Å². The van der Waals surface area contributed by atoms with Gasteiger partial charge < -0.3 is 15.4 Å². The van der Waals surface area contributed by atoms with Crippen LogP contribution in [0.3, 0.4) is 0 Å². The van der Waals surface area contributed by atoms with Gasteiger partial charge >= 0.3 is 5.97 Å². The lowest BCUT2D eigenvalue weighted by Crippen LogP contribution is -2.55. The fraction of sp³-hybridized carbons (Fsp3) is 0.609. The Hall–Kier alpha value is -2.37. The Morgan fingerprint density at radius 1 is 0.862 bits per heavy atom. The van der Waals surface area contributed by atoms with Gasteiger partial charge in [-0.2, -0.15) is 0 Å². The molecule has 0 aromatic heterocycles. The molecule has 0 saturated carbocycles. The minimum atomic E-state index is -0.733. The standard InChI is InChI=1S/C23H36N2O4/c1-16(2)20(22(27)25-21(17(3)4)23(28)29-5)24-19(26)15-11-7-10-14-18-12-8-6-9-13-18/h6,8-9,12-13,16-17,20-21H,7,10-11,14-15H2,1-5H3,(H,24,26)(H,25,27)/t20-,21-/m0/s1. The third-order valence-corrected chi connectivity index (χ3v) is 4.90. The molecule has 0 saturated heterocycles. The second kappa shape index (κ2) is 13.0. The Kier molecular flexibility index (Phi) is 11.0. The van der Waals surface area contributed by atoms with E-state index < -0.39 is 18.1 Å². The molecule has 6 nitrogen and oxygen atoms in total. The van der Waals surface area contributed by atoms with E-state index in [-0.39, 0.29) is 23.7 Å². The predicted molar refractivity (Wildman–Crippen MR) is 114 cm³/mol. The van der Waals surface area contributed by atoms with Gasteiger partial charge in [-0.15, -0.1) is 0 Å². The van der Waals surface area contributed by atoms with Crippen LogP contribution in [-0.4, -0.2) is 37.0 Å². The Morgan fingerprint density at radius 3 is 2.03 bits per heavy atom. The van der Waals surface area contributed by atoms with Crippen molar-refractivity contribution in [3.05, 3.63) is 35.9 Å². The molecular weight excluding hydrogens is 368 g/mol. The molecule has 0 radical (unpaired) electrons. The van der Waals surface area contributed by atoms with Gasteiger partial charge in [-0.3, -0.25) is 9.59 Å². The Labute approximate surface area is 174 Å². The Balaban J connectivity index is 2.45. The first-order chi connectivity index (χ1) is 13.8. The highest BCUT2D eigenvalue weighted by molar-refractivity contribution is 5.91. The minimum Gasteiger partial charge on any atom is -0.467 e. The van der Waals surface area contributed by atoms with Crippen LogP contribution in [0.2, 0.25) is 0 Å². The molecule has 0 aliphatic carbocycles. The summed E-state index contributed by atoms with van der Waals surface area (Å²) in [5.41, 5.74) is 1.30. The maximum absolute atomic E-state index is 12.7. The highest BCUT2D eigenvalue weighted by Crippen LogP contribution is 2.10. The first kappa shape index (κ1) is 24.7. The smallest absolute Gasteiger partial charge is 0.328 e. The number of hydrogen-bond acceptors (Lipinski definition) is 4. The van der Waals surface area contributed by atoms with Gasteiger partial charge in [0.15, 0.2) is 0 Å². The Bertz CT molecular complexity index is 644. The Morgan fingerprint density at radius 2 is 1.48 bits per heavy atom. The molecule has 0 fully saturated rings. The van der Waals surface area contributed by atoms with Gasteiger partial charge in [-0.05, 0) is 36.7 Å². The summed E-state index contributed by atoms with van der Waals surface area (Å²) in [5.74, 6) is -1.19. The van der Waals surface area contributed by atoms with E-state index in [2.05, 4.69) is 22.8 Å². The van der Waals surface area contributed by atoms with Crippen LogP contribution >= 0.6 is 0 Å². The topological polar surface area (TPSA) is 84.5 Å². The zero-order valence-corrected chi connectivity index (χ0v) is 18.4. The van der Waals surface area contributed by atoms with Crippen molar-refractivity contribution in [2.45, 2.75) is 71.9 Å². The van der Waals surface area contributed by atoms with Gasteiger partial charge in [0, 0.05) is 6.42 Å². The number of nitrogens with one attached hydrogen (secondary N) is 2. The zero-order valence-electron chi connectivity index (χ0n) is 18.4. The van der Waals surface area contributed by atoms with E-state index in [1.807, 2.05) is 45.9 Å². The number of benzene rings is 1. The summed E-state index contributed by atoms with van der Waals surface area (Å²) in [5, 5.41) is 5.54. The molecule has 0 aliphatic rings. The molecule has 0 aliphatic heterocycles. The summed E-state index contributed by atoms with van der Waals surface area (Å²) < 4.78 is 4.76. The second-order valence-corrected chi connectivity index (χ2v) is 8.09. The quantitative estimate of drug-likeness (QED) is 0.414. The number of ether oxygens (including phenoxy) is 1. The fourth-order valence-corrected chi connectivity index (χ4v) is 3.08. The van der Waals surface area contributed by atoms with E-state index in [0.717, 1.165) is 25.7 Å². The maximum atomic E-state index is 12.7. The number of aryl methyl sites for hydroxylation is 1. The lowest BCUT2D eigenvalue weighted by molar-refractivity contribution is -0.146. The molecule has 6 heteroatoms. The van der Waals surface area contributed by atoms with E-state index in [1.165, 1.54) is 12.7 Å². The summed E-state index contributed by atoms with van der Waals surface area (Å²) in [6.45, 7) is 7.40. The average molecular weight is 405 g/mol. The number of amides is 2. The molecular formula is C23H36N2O4. The highest BCUT2D eigenvalue weighted by Gasteiger charge is 2.30. The van der Waals surface area contributed by atoms with Crippen molar-refractivity contribution in [3.63, 3.8) is 0 Å².